The van der Waals surface area contributed by atoms with Gasteiger partial charge in [-0.3, -0.25) is 0 Å². The van der Waals surface area contributed by atoms with Crippen molar-refractivity contribution in [3.63, 3.8) is 0 Å². The zero-order valence-corrected chi connectivity index (χ0v) is 11.8. The fourth-order valence-electron chi connectivity index (χ4n) is 2.78. The molecule has 18 heavy (non-hydrogen) atoms. The summed E-state index contributed by atoms with van der Waals surface area (Å²) in [6.45, 7) is 8.90. The quantitative estimate of drug-likeness (QED) is 0.860. The van der Waals surface area contributed by atoms with Crippen molar-refractivity contribution in [1.29, 1.82) is 0 Å². The third-order valence-electron chi connectivity index (χ3n) is 4.52. The van der Waals surface area contributed by atoms with Crippen LogP contribution in [0.25, 0.3) is 10.8 Å². The number of rotatable bonds is 3. The van der Waals surface area contributed by atoms with E-state index in [9.17, 15) is 0 Å². The zero-order valence-electron chi connectivity index (χ0n) is 11.8. The molecule has 0 radical (unpaired) electrons. The molecule has 2 rings (SSSR count). The second-order valence-electron chi connectivity index (χ2n) is 5.75. The van der Waals surface area contributed by atoms with Crippen LogP contribution in [0.5, 0.6) is 0 Å². The maximum Gasteiger partial charge on any atom is 0.0108 e. The number of nitrogens with two attached hydrogens (primary N) is 1. The molecule has 0 saturated carbocycles. The lowest BCUT2D eigenvalue weighted by Crippen LogP contribution is -2.45. The van der Waals surface area contributed by atoms with Crippen LogP contribution < -0.4 is 5.73 Å². The first kappa shape index (κ1) is 13.1. The average Bonchev–Trinajstić information content (AvgIpc) is 2.36. The third-order valence-corrected chi connectivity index (χ3v) is 4.52. The van der Waals surface area contributed by atoms with Gasteiger partial charge in [-0.1, -0.05) is 63.2 Å². The number of fused-ring (bicyclic) bond motifs is 1. The van der Waals surface area contributed by atoms with Crippen LogP contribution in [0.15, 0.2) is 42.5 Å². The first-order chi connectivity index (χ1) is 8.48. The Morgan fingerprint density at radius 3 is 2.17 bits per heavy atom. The van der Waals surface area contributed by atoms with Crippen molar-refractivity contribution >= 4 is 10.8 Å². The smallest absolute Gasteiger partial charge is 0.0108 e. The van der Waals surface area contributed by atoms with Gasteiger partial charge < -0.3 is 5.73 Å². The van der Waals surface area contributed by atoms with Gasteiger partial charge in [0.25, 0.3) is 0 Å². The summed E-state index contributed by atoms with van der Waals surface area (Å²) in [6, 6.07) is 15.2. The molecule has 0 heterocycles. The predicted molar refractivity (Wildman–Crippen MR) is 79.8 cm³/mol. The molecular formula is C17H23N. The van der Waals surface area contributed by atoms with Gasteiger partial charge in [-0.05, 0) is 29.2 Å². The highest BCUT2D eigenvalue weighted by atomic mass is 14.7. The molecular weight excluding hydrogens is 218 g/mol. The lowest BCUT2D eigenvalue weighted by Gasteiger charge is -2.39. The van der Waals surface area contributed by atoms with Crippen LogP contribution in [-0.2, 0) is 5.41 Å². The van der Waals surface area contributed by atoms with Crippen molar-refractivity contribution in [2.75, 3.05) is 0 Å². The molecule has 96 valence electrons. The Balaban J connectivity index is 2.73. The molecule has 1 heteroatoms. The van der Waals surface area contributed by atoms with Crippen molar-refractivity contribution in [3.8, 4) is 0 Å². The van der Waals surface area contributed by atoms with E-state index in [-0.39, 0.29) is 11.5 Å². The SMILES string of the molecule is CC(C)C(C)(c1cccc2ccccc12)C(C)N. The van der Waals surface area contributed by atoms with Crippen molar-refractivity contribution in [2.45, 2.75) is 39.2 Å². The fourth-order valence-corrected chi connectivity index (χ4v) is 2.78. The van der Waals surface area contributed by atoms with Gasteiger partial charge >= 0.3 is 0 Å². The van der Waals surface area contributed by atoms with Crippen LogP contribution >= 0.6 is 0 Å². The topological polar surface area (TPSA) is 26.0 Å². The molecule has 0 aliphatic rings. The summed E-state index contributed by atoms with van der Waals surface area (Å²) in [5.74, 6) is 0.503. The van der Waals surface area contributed by atoms with E-state index in [4.69, 9.17) is 5.73 Å². The Hall–Kier alpha value is -1.34. The first-order valence-electron chi connectivity index (χ1n) is 6.71. The van der Waals surface area contributed by atoms with Gasteiger partial charge in [0, 0.05) is 11.5 Å². The Morgan fingerprint density at radius 2 is 1.56 bits per heavy atom. The Morgan fingerprint density at radius 1 is 0.944 bits per heavy atom. The molecule has 2 atom stereocenters. The lowest BCUT2D eigenvalue weighted by atomic mass is 9.67. The van der Waals surface area contributed by atoms with Crippen LogP contribution in [-0.4, -0.2) is 6.04 Å². The van der Waals surface area contributed by atoms with E-state index in [1.54, 1.807) is 0 Å². The number of benzene rings is 2. The van der Waals surface area contributed by atoms with E-state index in [0.717, 1.165) is 0 Å². The van der Waals surface area contributed by atoms with Gasteiger partial charge in [0.2, 0.25) is 0 Å². The average molecular weight is 241 g/mol. The van der Waals surface area contributed by atoms with Crippen LogP contribution in [0.4, 0.5) is 0 Å². The maximum absolute atomic E-state index is 6.29. The van der Waals surface area contributed by atoms with Crippen molar-refractivity contribution in [2.24, 2.45) is 11.7 Å². The van der Waals surface area contributed by atoms with Crippen molar-refractivity contribution in [3.05, 3.63) is 48.0 Å². The molecule has 0 spiro atoms. The summed E-state index contributed by atoms with van der Waals surface area (Å²) in [5, 5.41) is 2.62. The normalized spacial score (nSPS) is 16.8. The zero-order chi connectivity index (χ0) is 13.3. The van der Waals surface area contributed by atoms with Crippen LogP contribution in [0, 0.1) is 5.92 Å². The van der Waals surface area contributed by atoms with Gasteiger partial charge in [-0.15, -0.1) is 0 Å². The third kappa shape index (κ3) is 1.93. The number of hydrogen-bond acceptors (Lipinski definition) is 1. The summed E-state index contributed by atoms with van der Waals surface area (Å²) in [5.41, 5.74) is 7.66. The minimum Gasteiger partial charge on any atom is -0.327 e. The van der Waals surface area contributed by atoms with E-state index in [1.165, 1.54) is 16.3 Å². The molecule has 0 aliphatic carbocycles. The van der Waals surface area contributed by atoms with Crippen LogP contribution in [0.2, 0.25) is 0 Å². The molecule has 0 amide bonds. The molecule has 0 fully saturated rings. The first-order valence-corrected chi connectivity index (χ1v) is 6.71. The van der Waals surface area contributed by atoms with Gasteiger partial charge in [-0.2, -0.15) is 0 Å². The second kappa shape index (κ2) is 4.74. The minimum atomic E-state index is 0.000856. The summed E-state index contributed by atoms with van der Waals surface area (Å²) >= 11 is 0. The summed E-state index contributed by atoms with van der Waals surface area (Å²) in [4.78, 5) is 0. The summed E-state index contributed by atoms with van der Waals surface area (Å²) < 4.78 is 0. The second-order valence-corrected chi connectivity index (χ2v) is 5.75. The highest BCUT2D eigenvalue weighted by molar-refractivity contribution is 5.86. The van der Waals surface area contributed by atoms with E-state index in [0.29, 0.717) is 5.92 Å². The molecule has 0 bridgehead atoms. The lowest BCUT2D eigenvalue weighted by molar-refractivity contribution is 0.290. The van der Waals surface area contributed by atoms with E-state index < -0.39 is 0 Å². The molecule has 2 unspecified atom stereocenters. The molecule has 2 N–H and O–H groups in total. The van der Waals surface area contributed by atoms with E-state index >= 15 is 0 Å². The Labute approximate surface area is 110 Å². The minimum absolute atomic E-state index is 0.000856. The molecule has 0 saturated heterocycles. The Kier molecular flexibility index (Phi) is 3.45. The van der Waals surface area contributed by atoms with Gasteiger partial charge in [0.15, 0.2) is 0 Å². The molecule has 0 aliphatic heterocycles. The largest absolute Gasteiger partial charge is 0.327 e. The molecule has 2 aromatic rings. The predicted octanol–water partition coefficient (Wildman–Crippen LogP) is 4.10. The van der Waals surface area contributed by atoms with Crippen molar-refractivity contribution in [1.82, 2.24) is 0 Å². The Bertz CT molecular complexity index is 527. The van der Waals surface area contributed by atoms with Crippen LogP contribution in [0.1, 0.15) is 33.3 Å². The van der Waals surface area contributed by atoms with Crippen molar-refractivity contribution < 1.29 is 0 Å². The summed E-state index contributed by atoms with van der Waals surface area (Å²) in [6.07, 6.45) is 0. The number of hydrogen-bond donors (Lipinski definition) is 1. The highest BCUT2D eigenvalue weighted by Crippen LogP contribution is 2.38. The highest BCUT2D eigenvalue weighted by Gasteiger charge is 2.35. The van der Waals surface area contributed by atoms with Gasteiger partial charge in [0.1, 0.15) is 0 Å². The van der Waals surface area contributed by atoms with E-state index in [1.807, 2.05) is 0 Å². The van der Waals surface area contributed by atoms with Crippen LogP contribution in [0.3, 0.4) is 0 Å². The van der Waals surface area contributed by atoms with E-state index in [2.05, 4.69) is 70.2 Å². The molecule has 1 nitrogen and oxygen atoms in total. The standard InChI is InChI=1S/C17H23N/c1-12(2)17(4,13(3)18)16-11-7-9-14-8-5-6-10-15(14)16/h5-13H,18H2,1-4H3. The van der Waals surface area contributed by atoms with Gasteiger partial charge in [-0.25, -0.2) is 0 Å². The summed E-state index contributed by atoms with van der Waals surface area (Å²) in [7, 11) is 0. The monoisotopic (exact) mass is 241 g/mol. The molecule has 0 aromatic heterocycles. The molecule has 2 aromatic carbocycles. The van der Waals surface area contributed by atoms with Gasteiger partial charge in [0.05, 0.1) is 0 Å². The fraction of sp³-hybridized carbons (Fsp3) is 0.412. The maximum atomic E-state index is 6.29.